The van der Waals surface area contributed by atoms with Gasteiger partial charge in [0.15, 0.2) is 6.04 Å². The Balaban J connectivity index is 2.13. The minimum Gasteiger partial charge on any atom is -0.467 e. The number of carbonyl (C=O) groups is 2. The van der Waals surface area contributed by atoms with E-state index in [4.69, 9.17) is 4.74 Å². The van der Waals surface area contributed by atoms with Crippen LogP contribution in [0.2, 0.25) is 0 Å². The summed E-state index contributed by atoms with van der Waals surface area (Å²) in [6.45, 7) is 0.105. The Kier molecular flexibility index (Phi) is 5.82. The summed E-state index contributed by atoms with van der Waals surface area (Å²) in [5.41, 5.74) is -1.37. The second-order valence-electron chi connectivity index (χ2n) is 5.57. The summed E-state index contributed by atoms with van der Waals surface area (Å²) in [6, 6.07) is 3.00. The number of nitrogens with one attached hydrogen (secondary N) is 1. The van der Waals surface area contributed by atoms with Gasteiger partial charge in [-0.25, -0.2) is 4.79 Å². The van der Waals surface area contributed by atoms with Crippen molar-refractivity contribution in [1.82, 2.24) is 5.32 Å². The predicted octanol–water partition coefficient (Wildman–Crippen LogP) is 2.46. The molecule has 0 spiro atoms. The van der Waals surface area contributed by atoms with Crippen LogP contribution in [0.3, 0.4) is 0 Å². The van der Waals surface area contributed by atoms with E-state index in [2.05, 4.69) is 10.1 Å². The highest BCUT2D eigenvalue weighted by Gasteiger charge is 2.37. The van der Waals surface area contributed by atoms with E-state index in [-0.39, 0.29) is 12.2 Å². The van der Waals surface area contributed by atoms with E-state index >= 15 is 0 Å². The zero-order valence-corrected chi connectivity index (χ0v) is 13.1. The molecule has 5 nitrogen and oxygen atoms in total. The summed E-state index contributed by atoms with van der Waals surface area (Å²) in [4.78, 5) is 23.8. The molecule has 24 heavy (non-hydrogen) atoms. The zero-order valence-electron chi connectivity index (χ0n) is 13.1. The average Bonchev–Trinajstić information content (AvgIpc) is 3.35. The first-order chi connectivity index (χ1) is 11.3. The maximum absolute atomic E-state index is 13.1. The molecule has 1 aromatic rings. The molecule has 2 rings (SSSR count). The van der Waals surface area contributed by atoms with Crippen molar-refractivity contribution in [2.45, 2.75) is 25.1 Å². The Morgan fingerprint density at radius 2 is 1.96 bits per heavy atom. The van der Waals surface area contributed by atoms with Crippen LogP contribution in [0.1, 0.15) is 30.0 Å². The highest BCUT2D eigenvalue weighted by Crippen LogP contribution is 2.35. The van der Waals surface area contributed by atoms with Gasteiger partial charge in [0.1, 0.15) is 6.61 Å². The summed E-state index contributed by atoms with van der Waals surface area (Å²) in [7, 11) is 1.04. The maximum Gasteiger partial charge on any atom is 0.416 e. The molecule has 0 bridgehead atoms. The Bertz CT molecular complexity index is 599. The lowest BCUT2D eigenvalue weighted by atomic mass is 9.99. The molecule has 1 aliphatic rings. The zero-order chi connectivity index (χ0) is 17.7. The van der Waals surface area contributed by atoms with Gasteiger partial charge < -0.3 is 14.8 Å². The highest BCUT2D eigenvalue weighted by atomic mass is 19.4. The number of carbonyl (C=O) groups excluding carboxylic acids is 2. The fraction of sp³-hybridized carbons (Fsp3) is 0.500. The van der Waals surface area contributed by atoms with Crippen LogP contribution in [-0.4, -0.2) is 32.2 Å². The molecule has 0 aromatic heterocycles. The Hall–Kier alpha value is -2.09. The summed E-state index contributed by atoms with van der Waals surface area (Å²) >= 11 is 0. The number of hydrogen-bond acceptors (Lipinski definition) is 4. The number of halogens is 3. The first-order valence-corrected chi connectivity index (χ1v) is 7.44. The van der Waals surface area contributed by atoms with Crippen molar-refractivity contribution in [3.8, 4) is 0 Å². The topological polar surface area (TPSA) is 64.6 Å². The summed E-state index contributed by atoms with van der Waals surface area (Å²) < 4.78 is 49.1. The van der Waals surface area contributed by atoms with Gasteiger partial charge in [-0.1, -0.05) is 18.2 Å². The molecule has 1 saturated carbocycles. The third kappa shape index (κ3) is 4.95. The predicted molar refractivity (Wildman–Crippen MR) is 77.9 cm³/mol. The summed E-state index contributed by atoms with van der Waals surface area (Å²) in [6.07, 6.45) is -2.56. The van der Waals surface area contributed by atoms with Crippen LogP contribution >= 0.6 is 0 Å². The molecule has 1 atom stereocenters. The quantitative estimate of drug-likeness (QED) is 0.771. The van der Waals surface area contributed by atoms with Gasteiger partial charge in [0.2, 0.25) is 5.91 Å². The van der Waals surface area contributed by atoms with Crippen LogP contribution in [0.15, 0.2) is 24.3 Å². The van der Waals surface area contributed by atoms with Crippen molar-refractivity contribution < 1.29 is 32.2 Å². The largest absolute Gasteiger partial charge is 0.467 e. The van der Waals surface area contributed by atoms with Crippen LogP contribution in [0, 0.1) is 5.92 Å². The summed E-state index contributed by atoms with van der Waals surface area (Å²) in [5.74, 6) is -1.22. The second kappa shape index (κ2) is 7.65. The smallest absolute Gasteiger partial charge is 0.416 e. The van der Waals surface area contributed by atoms with Crippen LogP contribution < -0.4 is 5.32 Å². The van der Waals surface area contributed by atoms with Crippen molar-refractivity contribution in [2.24, 2.45) is 5.92 Å². The molecule has 1 aliphatic carbocycles. The first kappa shape index (κ1) is 18.3. The summed E-state index contributed by atoms with van der Waals surface area (Å²) in [5, 5.41) is 2.25. The Morgan fingerprint density at radius 3 is 2.54 bits per heavy atom. The van der Waals surface area contributed by atoms with Gasteiger partial charge in [0, 0.05) is 0 Å². The molecule has 0 saturated heterocycles. The highest BCUT2D eigenvalue weighted by molar-refractivity contribution is 5.86. The molecule has 132 valence electrons. The molecule has 0 aliphatic heterocycles. The number of rotatable bonds is 7. The third-order valence-corrected chi connectivity index (χ3v) is 3.60. The number of esters is 1. The van der Waals surface area contributed by atoms with E-state index < -0.39 is 29.7 Å². The molecule has 0 heterocycles. The molecule has 1 amide bonds. The van der Waals surface area contributed by atoms with Crippen LogP contribution in [0.4, 0.5) is 13.2 Å². The van der Waals surface area contributed by atoms with Gasteiger partial charge in [-0.15, -0.1) is 0 Å². The Morgan fingerprint density at radius 1 is 1.29 bits per heavy atom. The van der Waals surface area contributed by atoms with Gasteiger partial charge in [-0.3, -0.25) is 4.79 Å². The first-order valence-electron chi connectivity index (χ1n) is 7.44. The fourth-order valence-electron chi connectivity index (χ4n) is 2.19. The molecule has 1 fully saturated rings. The number of alkyl halides is 3. The van der Waals surface area contributed by atoms with Crippen LogP contribution in [0.5, 0.6) is 0 Å². The molecule has 0 unspecified atom stereocenters. The minimum absolute atomic E-state index is 0.321. The van der Waals surface area contributed by atoms with Gasteiger partial charge in [0.25, 0.3) is 0 Å². The van der Waals surface area contributed by atoms with E-state index in [1.54, 1.807) is 0 Å². The number of hydrogen-bond donors (Lipinski definition) is 1. The average molecular weight is 345 g/mol. The van der Waals surface area contributed by atoms with Crippen molar-refractivity contribution in [3.05, 3.63) is 35.4 Å². The maximum atomic E-state index is 13.1. The van der Waals surface area contributed by atoms with Gasteiger partial charge in [-0.05, 0) is 30.4 Å². The van der Waals surface area contributed by atoms with Crippen LogP contribution in [0.25, 0.3) is 0 Å². The molecule has 8 heteroatoms. The monoisotopic (exact) mass is 345 g/mol. The van der Waals surface area contributed by atoms with E-state index in [1.807, 2.05) is 0 Å². The number of methoxy groups -OCH3 is 1. The van der Waals surface area contributed by atoms with E-state index in [9.17, 15) is 22.8 Å². The third-order valence-electron chi connectivity index (χ3n) is 3.60. The molecule has 1 N–H and O–H groups in total. The van der Waals surface area contributed by atoms with Gasteiger partial charge >= 0.3 is 12.1 Å². The lowest BCUT2D eigenvalue weighted by molar-refractivity contribution is -0.147. The second-order valence-corrected chi connectivity index (χ2v) is 5.57. The van der Waals surface area contributed by atoms with E-state index in [0.717, 1.165) is 32.1 Å². The normalized spacial score (nSPS) is 15.7. The molecular weight excluding hydrogens is 327 g/mol. The van der Waals surface area contributed by atoms with Gasteiger partial charge in [0.05, 0.1) is 19.3 Å². The van der Waals surface area contributed by atoms with Crippen molar-refractivity contribution in [1.29, 1.82) is 0 Å². The van der Waals surface area contributed by atoms with Crippen molar-refractivity contribution in [3.63, 3.8) is 0 Å². The number of amides is 1. The van der Waals surface area contributed by atoms with E-state index in [0.29, 0.717) is 12.5 Å². The van der Waals surface area contributed by atoms with E-state index in [1.165, 1.54) is 12.1 Å². The lowest BCUT2D eigenvalue weighted by Crippen LogP contribution is -2.37. The van der Waals surface area contributed by atoms with Crippen molar-refractivity contribution >= 4 is 11.9 Å². The molecular formula is C16H18F3NO4. The fourth-order valence-corrected chi connectivity index (χ4v) is 2.19. The van der Waals surface area contributed by atoms with Gasteiger partial charge in [-0.2, -0.15) is 13.2 Å². The molecule has 0 radical (unpaired) electrons. The van der Waals surface area contributed by atoms with Crippen LogP contribution in [-0.2, 0) is 25.2 Å². The Labute approximate surface area is 137 Å². The van der Waals surface area contributed by atoms with Crippen molar-refractivity contribution in [2.75, 3.05) is 20.3 Å². The molecule has 1 aromatic carbocycles. The number of benzene rings is 1. The standard InChI is InChI=1S/C16H18F3NO4/c1-23-15(22)14(20-13(21)9-24-8-10-6-7-10)11-4-2-3-5-12(11)16(17,18)19/h2-5,10,14H,6-9H2,1H3,(H,20,21)/t14-/m0/s1. The SMILES string of the molecule is COC(=O)[C@@H](NC(=O)COCC1CC1)c1ccccc1C(F)(F)F. The minimum atomic E-state index is -4.66. The number of ether oxygens (including phenoxy) is 2. The lowest BCUT2D eigenvalue weighted by Gasteiger charge is -2.21.